The second kappa shape index (κ2) is 6.18. The first kappa shape index (κ1) is 14.7. The van der Waals surface area contributed by atoms with E-state index in [1.165, 1.54) is 13.0 Å². The topological polar surface area (TPSA) is 20.3 Å². The second-order valence-corrected chi connectivity index (χ2v) is 5.52. The highest BCUT2D eigenvalue weighted by atomic mass is 79.9. The van der Waals surface area contributed by atoms with E-state index in [4.69, 9.17) is 0 Å². The van der Waals surface area contributed by atoms with E-state index in [-0.39, 0.29) is 11.6 Å². The minimum Gasteiger partial charge on any atom is -0.369 e. The Morgan fingerprint density at radius 1 is 1.25 bits per heavy atom. The molecule has 0 aliphatic carbocycles. The Hall–Kier alpha value is -1.68. The van der Waals surface area contributed by atoms with Crippen molar-refractivity contribution in [2.24, 2.45) is 0 Å². The maximum absolute atomic E-state index is 13.7. The van der Waals surface area contributed by atoms with Gasteiger partial charge in [-0.15, -0.1) is 0 Å². The maximum Gasteiger partial charge on any atom is 0.159 e. The molecule has 0 heterocycles. The minimum atomic E-state index is -0.212. The summed E-state index contributed by atoms with van der Waals surface area (Å²) in [7, 11) is 1.89. The van der Waals surface area contributed by atoms with Gasteiger partial charge < -0.3 is 4.90 Å². The highest BCUT2D eigenvalue weighted by Crippen LogP contribution is 2.28. The Balaban J connectivity index is 2.23. The summed E-state index contributed by atoms with van der Waals surface area (Å²) in [5.74, 6) is -0.190. The zero-order chi connectivity index (χ0) is 14.7. The predicted molar refractivity (Wildman–Crippen MR) is 82.7 cm³/mol. The van der Waals surface area contributed by atoms with Gasteiger partial charge in [0.2, 0.25) is 0 Å². The lowest BCUT2D eigenvalue weighted by Crippen LogP contribution is -2.17. The van der Waals surface area contributed by atoms with Crippen molar-refractivity contribution in [2.75, 3.05) is 11.9 Å². The molecule has 0 saturated heterocycles. The van der Waals surface area contributed by atoms with Gasteiger partial charge in [0.05, 0.1) is 5.69 Å². The molecule has 0 spiro atoms. The summed E-state index contributed by atoms with van der Waals surface area (Å²) in [6, 6.07) is 12.1. The summed E-state index contributed by atoms with van der Waals surface area (Å²) in [4.78, 5) is 13.3. The number of carbonyl (C=O) groups excluding carboxylic acids is 1. The predicted octanol–water partition coefficient (Wildman–Crippen LogP) is 4.43. The third-order valence-electron chi connectivity index (χ3n) is 3.13. The lowest BCUT2D eigenvalue weighted by Gasteiger charge is -2.21. The zero-order valence-corrected chi connectivity index (χ0v) is 12.9. The van der Waals surface area contributed by atoms with Crippen molar-refractivity contribution in [3.63, 3.8) is 0 Å². The van der Waals surface area contributed by atoms with Crippen LogP contribution < -0.4 is 4.90 Å². The number of nitrogens with zero attached hydrogens (tertiary/aromatic N) is 1. The van der Waals surface area contributed by atoms with Crippen molar-refractivity contribution in [1.29, 1.82) is 0 Å². The Bertz CT molecular complexity index is 642. The molecule has 0 aliphatic rings. The monoisotopic (exact) mass is 335 g/mol. The molecular weight excluding hydrogens is 321 g/mol. The SMILES string of the molecule is CC(=O)c1ccc(N(C)Cc2ccccc2F)c(Br)c1. The lowest BCUT2D eigenvalue weighted by molar-refractivity contribution is 0.101. The van der Waals surface area contributed by atoms with Gasteiger partial charge in [0.25, 0.3) is 0 Å². The van der Waals surface area contributed by atoms with Crippen LogP contribution in [0.2, 0.25) is 0 Å². The van der Waals surface area contributed by atoms with Crippen LogP contribution >= 0.6 is 15.9 Å². The van der Waals surface area contributed by atoms with Crippen LogP contribution in [0.25, 0.3) is 0 Å². The molecule has 0 unspecified atom stereocenters. The van der Waals surface area contributed by atoms with Crippen LogP contribution in [0.5, 0.6) is 0 Å². The molecule has 0 amide bonds. The summed E-state index contributed by atoms with van der Waals surface area (Å²) in [6.45, 7) is 2.00. The molecule has 2 aromatic rings. The molecule has 0 aromatic heterocycles. The molecule has 20 heavy (non-hydrogen) atoms. The van der Waals surface area contributed by atoms with Crippen molar-refractivity contribution in [3.05, 3.63) is 63.9 Å². The number of halogens is 2. The Labute approximate surface area is 126 Å². The summed E-state index contributed by atoms with van der Waals surface area (Å²) < 4.78 is 14.5. The highest BCUT2D eigenvalue weighted by Gasteiger charge is 2.10. The Morgan fingerprint density at radius 3 is 2.55 bits per heavy atom. The van der Waals surface area contributed by atoms with Gasteiger partial charge in [-0.1, -0.05) is 18.2 Å². The first-order valence-electron chi connectivity index (χ1n) is 6.24. The molecule has 0 atom stereocenters. The van der Waals surface area contributed by atoms with Crippen molar-refractivity contribution in [2.45, 2.75) is 13.5 Å². The smallest absolute Gasteiger partial charge is 0.159 e. The molecule has 0 fully saturated rings. The van der Waals surface area contributed by atoms with Gasteiger partial charge in [-0.25, -0.2) is 4.39 Å². The zero-order valence-electron chi connectivity index (χ0n) is 11.4. The van der Waals surface area contributed by atoms with Crippen LogP contribution in [0, 0.1) is 5.82 Å². The number of rotatable bonds is 4. The van der Waals surface area contributed by atoms with Gasteiger partial charge in [0.15, 0.2) is 5.78 Å². The lowest BCUT2D eigenvalue weighted by atomic mass is 10.1. The van der Waals surface area contributed by atoms with E-state index < -0.39 is 0 Å². The van der Waals surface area contributed by atoms with E-state index in [0.717, 1.165) is 10.2 Å². The first-order valence-corrected chi connectivity index (χ1v) is 7.03. The number of benzene rings is 2. The standard InChI is InChI=1S/C16H15BrFNO/c1-11(20)12-7-8-16(14(17)9-12)19(2)10-13-5-3-4-6-15(13)18/h3-9H,10H2,1-2H3. The maximum atomic E-state index is 13.7. The van der Waals surface area contributed by atoms with Crippen LogP contribution in [0.3, 0.4) is 0 Å². The van der Waals surface area contributed by atoms with Crippen molar-refractivity contribution < 1.29 is 9.18 Å². The molecule has 0 radical (unpaired) electrons. The molecule has 2 aromatic carbocycles. The fourth-order valence-electron chi connectivity index (χ4n) is 2.00. The summed E-state index contributed by atoms with van der Waals surface area (Å²) in [5, 5.41) is 0. The molecule has 0 aliphatic heterocycles. The molecule has 104 valence electrons. The third kappa shape index (κ3) is 3.25. The number of carbonyl (C=O) groups is 1. The molecular formula is C16H15BrFNO. The average Bonchev–Trinajstić information content (AvgIpc) is 2.41. The van der Waals surface area contributed by atoms with E-state index in [0.29, 0.717) is 17.7 Å². The number of hydrogen-bond acceptors (Lipinski definition) is 2. The van der Waals surface area contributed by atoms with Gasteiger partial charge in [-0.3, -0.25) is 4.79 Å². The highest BCUT2D eigenvalue weighted by molar-refractivity contribution is 9.10. The fraction of sp³-hybridized carbons (Fsp3) is 0.188. The van der Waals surface area contributed by atoms with E-state index in [9.17, 15) is 9.18 Å². The molecule has 4 heteroatoms. The van der Waals surface area contributed by atoms with Crippen LogP contribution in [0.15, 0.2) is 46.9 Å². The van der Waals surface area contributed by atoms with Crippen molar-refractivity contribution >= 4 is 27.4 Å². The van der Waals surface area contributed by atoms with Gasteiger partial charge in [-0.05, 0) is 47.1 Å². The summed E-state index contributed by atoms with van der Waals surface area (Å²) >= 11 is 3.46. The molecule has 0 N–H and O–H groups in total. The number of hydrogen-bond donors (Lipinski definition) is 0. The van der Waals surface area contributed by atoms with Gasteiger partial charge in [0.1, 0.15) is 5.82 Å². The molecule has 2 nitrogen and oxygen atoms in total. The van der Waals surface area contributed by atoms with Crippen molar-refractivity contribution in [3.8, 4) is 0 Å². The van der Waals surface area contributed by atoms with Gasteiger partial charge >= 0.3 is 0 Å². The Kier molecular flexibility index (Phi) is 4.55. The van der Waals surface area contributed by atoms with Crippen LogP contribution in [-0.4, -0.2) is 12.8 Å². The largest absolute Gasteiger partial charge is 0.369 e. The average molecular weight is 336 g/mol. The number of anilines is 1. The van der Waals surface area contributed by atoms with Crippen LogP contribution in [0.1, 0.15) is 22.8 Å². The van der Waals surface area contributed by atoms with E-state index >= 15 is 0 Å². The fourth-order valence-corrected chi connectivity index (χ4v) is 2.68. The quantitative estimate of drug-likeness (QED) is 0.770. The second-order valence-electron chi connectivity index (χ2n) is 4.67. The van der Waals surface area contributed by atoms with Crippen LogP contribution in [0.4, 0.5) is 10.1 Å². The minimum absolute atomic E-state index is 0.0222. The molecule has 0 saturated carbocycles. The number of Topliss-reactive ketones (excluding diaryl/α,β-unsaturated/α-hetero) is 1. The van der Waals surface area contributed by atoms with Gasteiger partial charge in [-0.2, -0.15) is 0 Å². The van der Waals surface area contributed by atoms with Crippen LogP contribution in [-0.2, 0) is 6.54 Å². The van der Waals surface area contributed by atoms with E-state index in [1.54, 1.807) is 24.3 Å². The molecule has 2 rings (SSSR count). The third-order valence-corrected chi connectivity index (χ3v) is 3.77. The first-order chi connectivity index (χ1) is 9.49. The summed E-state index contributed by atoms with van der Waals surface area (Å²) in [5.41, 5.74) is 2.20. The van der Waals surface area contributed by atoms with Gasteiger partial charge in [0, 0.05) is 29.2 Å². The van der Waals surface area contributed by atoms with E-state index in [1.807, 2.05) is 24.1 Å². The summed E-state index contributed by atoms with van der Waals surface area (Å²) in [6.07, 6.45) is 0. The normalized spacial score (nSPS) is 10.4. The van der Waals surface area contributed by atoms with E-state index in [2.05, 4.69) is 15.9 Å². The molecule has 0 bridgehead atoms. The van der Waals surface area contributed by atoms with Crippen molar-refractivity contribution in [1.82, 2.24) is 0 Å². The Morgan fingerprint density at radius 2 is 1.95 bits per heavy atom. The number of ketones is 1.